The van der Waals surface area contributed by atoms with Crippen molar-refractivity contribution in [3.63, 3.8) is 0 Å². The van der Waals surface area contributed by atoms with E-state index in [9.17, 15) is 0 Å². The summed E-state index contributed by atoms with van der Waals surface area (Å²) < 4.78 is 0. The van der Waals surface area contributed by atoms with Crippen molar-refractivity contribution >= 4 is 0 Å². The molecule has 2 N–H and O–H groups in total. The summed E-state index contributed by atoms with van der Waals surface area (Å²) >= 11 is 0. The van der Waals surface area contributed by atoms with Crippen molar-refractivity contribution in [3.8, 4) is 0 Å². The fourth-order valence-corrected chi connectivity index (χ4v) is 3.59. The standard InChI is InChI=1S/C14H28N2/c1-14(2)7-3-6-13(9-14)16-8-4-5-12(10-15)11-16/h12-13H,3-11,15H2,1-2H3. The molecule has 94 valence electrons. The summed E-state index contributed by atoms with van der Waals surface area (Å²) in [6.07, 6.45) is 8.35. The van der Waals surface area contributed by atoms with Crippen LogP contribution >= 0.6 is 0 Å². The van der Waals surface area contributed by atoms with Crippen LogP contribution in [0.15, 0.2) is 0 Å². The fraction of sp³-hybridized carbons (Fsp3) is 1.00. The van der Waals surface area contributed by atoms with E-state index >= 15 is 0 Å². The van der Waals surface area contributed by atoms with E-state index in [-0.39, 0.29) is 0 Å². The molecule has 0 aromatic heterocycles. The third kappa shape index (κ3) is 2.98. The predicted molar refractivity (Wildman–Crippen MR) is 69.4 cm³/mol. The highest BCUT2D eigenvalue weighted by molar-refractivity contribution is 4.87. The summed E-state index contributed by atoms with van der Waals surface area (Å²) in [5.41, 5.74) is 6.39. The van der Waals surface area contributed by atoms with Gasteiger partial charge in [0.25, 0.3) is 0 Å². The summed E-state index contributed by atoms with van der Waals surface area (Å²) in [5, 5.41) is 0. The lowest BCUT2D eigenvalue weighted by atomic mass is 9.74. The molecule has 0 aromatic carbocycles. The molecule has 2 atom stereocenters. The molecule has 2 nitrogen and oxygen atoms in total. The molecule has 0 spiro atoms. The Kier molecular flexibility index (Phi) is 3.91. The van der Waals surface area contributed by atoms with Crippen LogP contribution in [0.4, 0.5) is 0 Å². The Balaban J connectivity index is 1.91. The van der Waals surface area contributed by atoms with Crippen LogP contribution in [0.25, 0.3) is 0 Å². The SMILES string of the molecule is CC1(C)CCCC(N2CCCC(CN)C2)C1. The fourth-order valence-electron chi connectivity index (χ4n) is 3.59. The van der Waals surface area contributed by atoms with E-state index in [0.717, 1.165) is 18.5 Å². The summed E-state index contributed by atoms with van der Waals surface area (Å²) in [5.74, 6) is 0.763. The summed E-state index contributed by atoms with van der Waals surface area (Å²) in [6, 6.07) is 0.845. The van der Waals surface area contributed by atoms with E-state index in [1.807, 2.05) is 0 Å². The van der Waals surface area contributed by atoms with Crippen LogP contribution in [0, 0.1) is 11.3 Å². The average Bonchev–Trinajstić information content (AvgIpc) is 2.28. The van der Waals surface area contributed by atoms with Crippen molar-refractivity contribution in [2.45, 2.75) is 58.4 Å². The molecule has 2 rings (SSSR count). The molecule has 0 bridgehead atoms. The van der Waals surface area contributed by atoms with Crippen LogP contribution in [-0.4, -0.2) is 30.6 Å². The van der Waals surface area contributed by atoms with Gasteiger partial charge in [-0.1, -0.05) is 20.3 Å². The van der Waals surface area contributed by atoms with Crippen molar-refractivity contribution in [1.29, 1.82) is 0 Å². The molecule has 1 heterocycles. The second kappa shape index (κ2) is 5.05. The second-order valence-electron chi connectivity index (χ2n) is 6.65. The lowest BCUT2D eigenvalue weighted by Gasteiger charge is -2.44. The quantitative estimate of drug-likeness (QED) is 0.781. The van der Waals surface area contributed by atoms with Gasteiger partial charge in [0.2, 0.25) is 0 Å². The van der Waals surface area contributed by atoms with E-state index in [1.54, 1.807) is 0 Å². The van der Waals surface area contributed by atoms with Gasteiger partial charge in [0.1, 0.15) is 0 Å². The van der Waals surface area contributed by atoms with Crippen LogP contribution in [0.1, 0.15) is 52.4 Å². The van der Waals surface area contributed by atoms with E-state index in [4.69, 9.17) is 5.73 Å². The van der Waals surface area contributed by atoms with Crippen LogP contribution in [0.2, 0.25) is 0 Å². The van der Waals surface area contributed by atoms with Crippen molar-refractivity contribution in [2.75, 3.05) is 19.6 Å². The third-order valence-electron chi connectivity index (χ3n) is 4.58. The topological polar surface area (TPSA) is 29.3 Å². The number of rotatable bonds is 2. The Hall–Kier alpha value is -0.0800. The van der Waals surface area contributed by atoms with Gasteiger partial charge < -0.3 is 10.6 Å². The molecule has 16 heavy (non-hydrogen) atoms. The van der Waals surface area contributed by atoms with Gasteiger partial charge in [-0.2, -0.15) is 0 Å². The lowest BCUT2D eigenvalue weighted by molar-refractivity contribution is 0.0611. The Morgan fingerprint density at radius 3 is 2.75 bits per heavy atom. The Bertz CT molecular complexity index is 225. The first-order chi connectivity index (χ1) is 7.61. The first-order valence-electron chi connectivity index (χ1n) is 7.05. The highest BCUT2D eigenvalue weighted by Crippen LogP contribution is 2.38. The Labute approximate surface area is 101 Å². The smallest absolute Gasteiger partial charge is 0.0100 e. The lowest BCUT2D eigenvalue weighted by Crippen LogP contribution is -2.47. The zero-order valence-corrected chi connectivity index (χ0v) is 11.0. The van der Waals surface area contributed by atoms with Gasteiger partial charge in [-0.25, -0.2) is 0 Å². The maximum absolute atomic E-state index is 5.82. The summed E-state index contributed by atoms with van der Waals surface area (Å²) in [4.78, 5) is 2.74. The average molecular weight is 224 g/mol. The van der Waals surface area contributed by atoms with E-state index < -0.39 is 0 Å². The Morgan fingerprint density at radius 1 is 1.25 bits per heavy atom. The monoisotopic (exact) mass is 224 g/mol. The zero-order valence-electron chi connectivity index (χ0n) is 11.0. The normalized spacial score (nSPS) is 36.2. The van der Waals surface area contributed by atoms with Crippen molar-refractivity contribution in [3.05, 3.63) is 0 Å². The van der Waals surface area contributed by atoms with Gasteiger partial charge in [-0.15, -0.1) is 0 Å². The molecule has 1 saturated heterocycles. The number of hydrogen-bond donors (Lipinski definition) is 1. The van der Waals surface area contributed by atoms with Crippen LogP contribution in [0.5, 0.6) is 0 Å². The zero-order chi connectivity index (χ0) is 11.6. The molecule has 1 aliphatic heterocycles. The minimum Gasteiger partial charge on any atom is -0.330 e. The molecule has 0 radical (unpaired) electrons. The van der Waals surface area contributed by atoms with Crippen LogP contribution in [0.3, 0.4) is 0 Å². The maximum Gasteiger partial charge on any atom is 0.0100 e. The minimum atomic E-state index is 0.568. The molecule has 0 aromatic rings. The molecule has 1 saturated carbocycles. The highest BCUT2D eigenvalue weighted by atomic mass is 15.2. The molecule has 1 aliphatic carbocycles. The van der Waals surface area contributed by atoms with E-state index in [2.05, 4.69) is 18.7 Å². The summed E-state index contributed by atoms with van der Waals surface area (Å²) in [7, 11) is 0. The van der Waals surface area contributed by atoms with E-state index in [1.165, 1.54) is 51.6 Å². The highest BCUT2D eigenvalue weighted by Gasteiger charge is 2.33. The number of nitrogens with two attached hydrogens (primary N) is 1. The van der Waals surface area contributed by atoms with Crippen molar-refractivity contribution in [1.82, 2.24) is 4.90 Å². The van der Waals surface area contributed by atoms with Gasteiger partial charge >= 0.3 is 0 Å². The molecule has 2 unspecified atom stereocenters. The number of hydrogen-bond acceptors (Lipinski definition) is 2. The van der Waals surface area contributed by atoms with Crippen LogP contribution < -0.4 is 5.73 Å². The van der Waals surface area contributed by atoms with Gasteiger partial charge in [0.05, 0.1) is 0 Å². The van der Waals surface area contributed by atoms with Gasteiger partial charge in [-0.05, 0) is 56.5 Å². The molecular weight excluding hydrogens is 196 g/mol. The Morgan fingerprint density at radius 2 is 2.06 bits per heavy atom. The largest absolute Gasteiger partial charge is 0.330 e. The summed E-state index contributed by atoms with van der Waals surface area (Å²) in [6.45, 7) is 8.33. The van der Waals surface area contributed by atoms with Crippen molar-refractivity contribution < 1.29 is 0 Å². The first-order valence-corrected chi connectivity index (χ1v) is 7.05. The predicted octanol–water partition coefficient (Wildman–Crippen LogP) is 2.63. The minimum absolute atomic E-state index is 0.568. The first kappa shape index (κ1) is 12.4. The maximum atomic E-state index is 5.82. The number of piperidine rings is 1. The van der Waals surface area contributed by atoms with E-state index in [0.29, 0.717) is 5.41 Å². The number of likely N-dealkylation sites (tertiary alicyclic amines) is 1. The molecular formula is C14H28N2. The molecule has 2 fully saturated rings. The van der Waals surface area contributed by atoms with Crippen LogP contribution in [-0.2, 0) is 0 Å². The number of nitrogens with zero attached hydrogens (tertiary/aromatic N) is 1. The second-order valence-corrected chi connectivity index (χ2v) is 6.65. The van der Waals surface area contributed by atoms with Gasteiger partial charge in [0.15, 0.2) is 0 Å². The van der Waals surface area contributed by atoms with Gasteiger partial charge in [-0.3, -0.25) is 0 Å². The molecule has 2 aliphatic rings. The molecule has 2 heteroatoms. The van der Waals surface area contributed by atoms with Crippen molar-refractivity contribution in [2.24, 2.45) is 17.1 Å². The third-order valence-corrected chi connectivity index (χ3v) is 4.58. The molecule has 0 amide bonds. The van der Waals surface area contributed by atoms with Gasteiger partial charge in [0, 0.05) is 12.6 Å².